The van der Waals surface area contributed by atoms with Crippen LogP contribution in [0, 0.1) is 5.82 Å². The number of benzene rings is 2. The second-order valence-corrected chi connectivity index (χ2v) is 5.19. The fraction of sp³-hybridized carbons (Fsp3) is 0.235. The molecule has 4 heteroatoms. The van der Waals surface area contributed by atoms with E-state index in [1.54, 1.807) is 12.1 Å². The van der Waals surface area contributed by atoms with Crippen LogP contribution in [0.2, 0.25) is 5.02 Å². The zero-order valence-electron chi connectivity index (χ0n) is 11.8. The highest BCUT2D eigenvalue weighted by Crippen LogP contribution is 2.23. The fourth-order valence-electron chi connectivity index (χ4n) is 1.99. The van der Waals surface area contributed by atoms with Crippen LogP contribution >= 0.6 is 11.6 Å². The second-order valence-electron chi connectivity index (χ2n) is 4.75. The van der Waals surface area contributed by atoms with E-state index in [1.807, 2.05) is 12.1 Å². The number of nitrogens with zero attached hydrogens (tertiary/aromatic N) is 1. The molecule has 0 unspecified atom stereocenters. The molecule has 1 N–H and O–H groups in total. The molecule has 0 fully saturated rings. The number of hydrogen-bond donors (Lipinski definition) is 1. The maximum atomic E-state index is 13.5. The van der Waals surface area contributed by atoms with Gasteiger partial charge in [-0.05, 0) is 36.8 Å². The molecule has 0 aliphatic rings. The first-order valence-electron chi connectivity index (χ1n) is 6.91. The van der Waals surface area contributed by atoms with Crippen LogP contribution in [0.25, 0.3) is 0 Å². The molecule has 0 aromatic heterocycles. The molecule has 2 rings (SSSR count). The first-order chi connectivity index (χ1) is 10.1. The van der Waals surface area contributed by atoms with Gasteiger partial charge in [0.2, 0.25) is 0 Å². The van der Waals surface area contributed by atoms with Gasteiger partial charge in [0.15, 0.2) is 0 Å². The Morgan fingerprint density at radius 2 is 1.90 bits per heavy atom. The van der Waals surface area contributed by atoms with Gasteiger partial charge in [-0.25, -0.2) is 4.39 Å². The highest BCUT2D eigenvalue weighted by Gasteiger charge is 2.12. The zero-order valence-corrected chi connectivity index (χ0v) is 12.6. The predicted molar refractivity (Wildman–Crippen MR) is 84.9 cm³/mol. The Labute approximate surface area is 128 Å². The molecule has 2 aromatic carbocycles. The van der Waals surface area contributed by atoms with E-state index in [-0.39, 0.29) is 5.75 Å². The third-order valence-electron chi connectivity index (χ3n) is 3.11. The molecule has 0 spiro atoms. The Morgan fingerprint density at radius 3 is 2.57 bits per heavy atom. The van der Waals surface area contributed by atoms with E-state index >= 15 is 0 Å². The molecule has 0 heterocycles. The SMILES string of the molecule is CCCCN=C(c1ccc(Cl)cc1)c1cc(F)ccc1O. The van der Waals surface area contributed by atoms with Gasteiger partial charge >= 0.3 is 0 Å². The summed E-state index contributed by atoms with van der Waals surface area (Å²) in [5.74, 6) is -0.387. The number of phenolic OH excluding ortho intramolecular Hbond substituents is 1. The average Bonchev–Trinajstić information content (AvgIpc) is 2.48. The summed E-state index contributed by atoms with van der Waals surface area (Å²) in [5, 5.41) is 10.6. The molecule has 0 atom stereocenters. The number of rotatable bonds is 5. The summed E-state index contributed by atoms with van der Waals surface area (Å²) in [5.41, 5.74) is 1.78. The smallest absolute Gasteiger partial charge is 0.125 e. The predicted octanol–water partition coefficient (Wildman–Crippen LogP) is 4.82. The second kappa shape index (κ2) is 7.23. The van der Waals surface area contributed by atoms with E-state index in [0.717, 1.165) is 18.4 Å². The van der Waals surface area contributed by atoms with Crippen molar-refractivity contribution >= 4 is 17.3 Å². The largest absolute Gasteiger partial charge is 0.507 e. The summed E-state index contributed by atoms with van der Waals surface area (Å²) in [6.07, 6.45) is 1.96. The lowest BCUT2D eigenvalue weighted by molar-refractivity contribution is 0.472. The summed E-state index contributed by atoms with van der Waals surface area (Å²) < 4.78 is 13.5. The number of aromatic hydroxyl groups is 1. The molecule has 0 aliphatic carbocycles. The van der Waals surface area contributed by atoms with Gasteiger partial charge in [0.1, 0.15) is 11.6 Å². The Hall–Kier alpha value is -1.87. The third-order valence-corrected chi connectivity index (χ3v) is 3.36. The van der Waals surface area contributed by atoms with Gasteiger partial charge in [0.25, 0.3) is 0 Å². The molecule has 0 saturated carbocycles. The monoisotopic (exact) mass is 305 g/mol. The van der Waals surface area contributed by atoms with Gasteiger partial charge in [0.05, 0.1) is 5.71 Å². The number of halogens is 2. The Balaban J connectivity index is 2.47. The molecule has 21 heavy (non-hydrogen) atoms. The molecule has 110 valence electrons. The summed E-state index contributed by atoms with van der Waals surface area (Å²) in [6, 6.07) is 11.0. The summed E-state index contributed by atoms with van der Waals surface area (Å²) in [6.45, 7) is 2.71. The van der Waals surface area contributed by atoms with Crippen molar-refractivity contribution in [1.82, 2.24) is 0 Å². The van der Waals surface area contributed by atoms with Gasteiger partial charge in [-0.2, -0.15) is 0 Å². The Bertz CT molecular complexity index is 638. The van der Waals surface area contributed by atoms with Gasteiger partial charge in [-0.1, -0.05) is 37.1 Å². The number of phenols is 1. The molecule has 0 aliphatic heterocycles. The minimum atomic E-state index is -0.403. The van der Waals surface area contributed by atoms with Crippen molar-refractivity contribution < 1.29 is 9.50 Å². The van der Waals surface area contributed by atoms with E-state index in [2.05, 4.69) is 11.9 Å². The average molecular weight is 306 g/mol. The van der Waals surface area contributed by atoms with Crippen molar-refractivity contribution in [3.63, 3.8) is 0 Å². The zero-order chi connectivity index (χ0) is 15.2. The lowest BCUT2D eigenvalue weighted by atomic mass is 10.0. The van der Waals surface area contributed by atoms with E-state index in [1.165, 1.54) is 18.2 Å². The first-order valence-corrected chi connectivity index (χ1v) is 7.29. The number of hydrogen-bond acceptors (Lipinski definition) is 2. The van der Waals surface area contributed by atoms with Crippen molar-refractivity contribution in [2.75, 3.05) is 6.54 Å². The van der Waals surface area contributed by atoms with Gasteiger partial charge in [-0.15, -0.1) is 0 Å². The van der Waals surface area contributed by atoms with Crippen molar-refractivity contribution in [2.45, 2.75) is 19.8 Å². The van der Waals surface area contributed by atoms with E-state index in [4.69, 9.17) is 11.6 Å². The Morgan fingerprint density at radius 1 is 1.19 bits per heavy atom. The van der Waals surface area contributed by atoms with E-state index < -0.39 is 5.82 Å². The lowest BCUT2D eigenvalue weighted by Crippen LogP contribution is -2.05. The summed E-state index contributed by atoms with van der Waals surface area (Å²) in [7, 11) is 0. The summed E-state index contributed by atoms with van der Waals surface area (Å²) >= 11 is 5.90. The molecular weight excluding hydrogens is 289 g/mol. The minimum absolute atomic E-state index is 0.0154. The van der Waals surface area contributed by atoms with Crippen LogP contribution < -0.4 is 0 Å². The van der Waals surface area contributed by atoms with Gasteiger partial charge in [0, 0.05) is 22.7 Å². The van der Waals surface area contributed by atoms with Crippen LogP contribution in [-0.4, -0.2) is 17.4 Å². The first kappa shape index (κ1) is 15.5. The van der Waals surface area contributed by atoms with E-state index in [0.29, 0.717) is 22.8 Å². The molecule has 0 bridgehead atoms. The Kier molecular flexibility index (Phi) is 5.34. The standard InChI is InChI=1S/C17H17ClFNO/c1-2-3-10-20-17(12-4-6-13(18)7-5-12)15-11-14(19)8-9-16(15)21/h4-9,11,21H,2-3,10H2,1H3. The topological polar surface area (TPSA) is 32.6 Å². The molecule has 0 amide bonds. The van der Waals surface area contributed by atoms with Crippen molar-refractivity contribution in [2.24, 2.45) is 4.99 Å². The highest BCUT2D eigenvalue weighted by molar-refractivity contribution is 6.30. The van der Waals surface area contributed by atoms with Crippen LogP contribution in [0.4, 0.5) is 4.39 Å². The maximum Gasteiger partial charge on any atom is 0.125 e. The van der Waals surface area contributed by atoms with Gasteiger partial charge < -0.3 is 5.11 Å². The van der Waals surface area contributed by atoms with Gasteiger partial charge in [-0.3, -0.25) is 4.99 Å². The highest BCUT2D eigenvalue weighted by atomic mass is 35.5. The van der Waals surface area contributed by atoms with Crippen LogP contribution in [-0.2, 0) is 0 Å². The normalized spacial score (nSPS) is 11.7. The minimum Gasteiger partial charge on any atom is -0.507 e. The van der Waals surface area contributed by atoms with Crippen molar-refractivity contribution in [3.05, 3.63) is 64.4 Å². The molecule has 2 aromatic rings. The molecule has 0 saturated heterocycles. The quantitative estimate of drug-likeness (QED) is 0.623. The van der Waals surface area contributed by atoms with Crippen molar-refractivity contribution in [3.8, 4) is 5.75 Å². The molecule has 2 nitrogen and oxygen atoms in total. The molecular formula is C17H17ClFNO. The van der Waals surface area contributed by atoms with Crippen LogP contribution in [0.3, 0.4) is 0 Å². The van der Waals surface area contributed by atoms with E-state index in [9.17, 15) is 9.50 Å². The number of unbranched alkanes of at least 4 members (excludes halogenated alkanes) is 1. The van der Waals surface area contributed by atoms with Crippen LogP contribution in [0.1, 0.15) is 30.9 Å². The summed E-state index contributed by atoms with van der Waals surface area (Å²) in [4.78, 5) is 4.53. The van der Waals surface area contributed by atoms with Crippen molar-refractivity contribution in [1.29, 1.82) is 0 Å². The molecule has 0 radical (unpaired) electrons. The number of aliphatic imine (C=N–C) groups is 1. The lowest BCUT2D eigenvalue weighted by Gasteiger charge is -2.10. The third kappa shape index (κ3) is 4.05. The van der Waals surface area contributed by atoms with Crippen LogP contribution in [0.5, 0.6) is 5.75 Å². The van der Waals surface area contributed by atoms with Crippen LogP contribution in [0.15, 0.2) is 47.5 Å². The fourth-order valence-corrected chi connectivity index (χ4v) is 2.11. The maximum absolute atomic E-state index is 13.5.